The zero-order chi connectivity index (χ0) is 25.2. The largest absolute Gasteiger partial charge is 0.494 e. The molecule has 0 amide bonds. The van der Waals surface area contributed by atoms with Gasteiger partial charge >= 0.3 is 5.97 Å². The summed E-state index contributed by atoms with van der Waals surface area (Å²) in [6.07, 6.45) is 2.17. The van der Waals surface area contributed by atoms with E-state index in [0.717, 1.165) is 16.6 Å². The molecule has 4 N–H and O–H groups in total. The fourth-order valence-corrected chi connectivity index (χ4v) is 3.50. The van der Waals surface area contributed by atoms with Gasteiger partial charge in [0.05, 0.1) is 37.6 Å². The first-order chi connectivity index (χ1) is 16.9. The number of aromatic nitrogens is 3. The molecule has 36 heavy (non-hydrogen) atoms. The molecule has 0 radical (unpaired) electrons. The molecule has 0 bridgehead atoms. The first-order valence-electron chi connectivity index (χ1n) is 11.8. The van der Waals surface area contributed by atoms with Gasteiger partial charge in [-0.25, -0.2) is 4.98 Å². The highest BCUT2D eigenvalue weighted by Gasteiger charge is 2.12. The molecule has 1 aromatic carbocycles. The van der Waals surface area contributed by atoms with Crippen molar-refractivity contribution in [2.75, 3.05) is 37.9 Å². The van der Waals surface area contributed by atoms with Crippen LogP contribution < -0.4 is 25.7 Å². The molecule has 3 aromatic rings. The number of carbonyl (C=O) groups is 1. The number of benzene rings is 1. The molecule has 196 valence electrons. The maximum atomic E-state index is 11.5. The summed E-state index contributed by atoms with van der Waals surface area (Å²) < 4.78 is 22.6. The van der Waals surface area contributed by atoms with Crippen molar-refractivity contribution in [2.24, 2.45) is 0 Å². The third-order valence-corrected chi connectivity index (χ3v) is 5.08. The number of nitrogen functional groups attached to an aromatic ring is 2. The molecule has 3 rings (SSSR count). The molecule has 0 unspecified atom stereocenters. The number of rotatable bonds is 13. The second-order valence-corrected chi connectivity index (χ2v) is 7.84. The average molecular weight is 520 g/mol. The fourth-order valence-electron chi connectivity index (χ4n) is 3.50. The van der Waals surface area contributed by atoms with Crippen LogP contribution in [-0.4, -0.2) is 47.3 Å². The van der Waals surface area contributed by atoms with Crippen molar-refractivity contribution in [1.29, 1.82) is 0 Å². The van der Waals surface area contributed by atoms with Gasteiger partial charge in [0.2, 0.25) is 5.95 Å². The maximum absolute atomic E-state index is 11.5. The van der Waals surface area contributed by atoms with Gasteiger partial charge in [-0.15, -0.1) is 12.4 Å². The minimum Gasteiger partial charge on any atom is -0.494 e. The summed E-state index contributed by atoms with van der Waals surface area (Å²) in [6.45, 7) is 7.28. The van der Waals surface area contributed by atoms with Crippen LogP contribution in [0.2, 0.25) is 0 Å². The van der Waals surface area contributed by atoms with Crippen molar-refractivity contribution < 1.29 is 23.7 Å². The molecule has 0 atom stereocenters. The first kappa shape index (κ1) is 28.7. The van der Waals surface area contributed by atoms with Crippen LogP contribution in [0, 0.1) is 6.92 Å². The van der Waals surface area contributed by atoms with Gasteiger partial charge < -0.3 is 30.4 Å². The monoisotopic (exact) mass is 519 g/mol. The highest BCUT2D eigenvalue weighted by atomic mass is 35.5. The summed E-state index contributed by atoms with van der Waals surface area (Å²) in [5.41, 5.74) is 13.9. The molecule has 0 spiro atoms. The Hall–Kier alpha value is -3.53. The molecule has 0 aliphatic heterocycles. The minimum atomic E-state index is -0.216. The van der Waals surface area contributed by atoms with Gasteiger partial charge in [-0.05, 0) is 44.9 Å². The van der Waals surface area contributed by atoms with Gasteiger partial charge in [-0.2, -0.15) is 4.98 Å². The Kier molecular flexibility index (Phi) is 11.3. The van der Waals surface area contributed by atoms with Crippen molar-refractivity contribution >= 4 is 41.0 Å². The number of nitrogens with two attached hydrogens (primary N) is 2. The number of aryl methyl sites for hydroxylation is 2. The Morgan fingerprint density at radius 2 is 1.69 bits per heavy atom. The summed E-state index contributed by atoms with van der Waals surface area (Å²) in [6, 6.07) is 7.56. The first-order valence-corrected chi connectivity index (χ1v) is 11.8. The molecule has 0 fully saturated rings. The predicted octanol–water partition coefficient (Wildman–Crippen LogP) is 4.05. The van der Waals surface area contributed by atoms with Gasteiger partial charge in [0.15, 0.2) is 11.6 Å². The highest BCUT2D eigenvalue weighted by Crippen LogP contribution is 2.30. The van der Waals surface area contributed by atoms with Crippen molar-refractivity contribution in [2.45, 2.75) is 46.5 Å². The summed E-state index contributed by atoms with van der Waals surface area (Å²) >= 11 is 0. The Labute approximate surface area is 217 Å². The molecule has 2 heterocycles. The lowest BCUT2D eigenvalue weighted by Crippen LogP contribution is -2.11. The van der Waals surface area contributed by atoms with Crippen LogP contribution >= 0.6 is 12.4 Å². The third-order valence-electron chi connectivity index (χ3n) is 5.08. The van der Waals surface area contributed by atoms with Crippen LogP contribution in [0.1, 0.15) is 44.5 Å². The Morgan fingerprint density at radius 3 is 2.44 bits per heavy atom. The van der Waals surface area contributed by atoms with E-state index in [0.29, 0.717) is 75.1 Å². The number of pyridine rings is 1. The van der Waals surface area contributed by atoms with E-state index in [-0.39, 0.29) is 30.1 Å². The Morgan fingerprint density at radius 1 is 0.944 bits per heavy atom. The van der Waals surface area contributed by atoms with E-state index >= 15 is 0 Å². The average Bonchev–Trinajstić information content (AvgIpc) is 2.82. The van der Waals surface area contributed by atoms with Crippen LogP contribution in [-0.2, 0) is 16.0 Å². The third kappa shape index (κ3) is 8.01. The topological polar surface area (TPSA) is 145 Å². The van der Waals surface area contributed by atoms with E-state index in [1.54, 1.807) is 6.92 Å². The number of carbonyl (C=O) groups excluding carboxylic acids is 1. The lowest BCUT2D eigenvalue weighted by atomic mass is 10.1. The molecular weight excluding hydrogens is 486 g/mol. The van der Waals surface area contributed by atoms with E-state index < -0.39 is 0 Å². The van der Waals surface area contributed by atoms with Crippen LogP contribution in [0.25, 0.3) is 10.9 Å². The number of esters is 1. The van der Waals surface area contributed by atoms with Crippen molar-refractivity contribution in [3.05, 3.63) is 35.7 Å². The van der Waals surface area contributed by atoms with Crippen LogP contribution in [0.3, 0.4) is 0 Å². The summed E-state index contributed by atoms with van der Waals surface area (Å²) in [5.74, 6) is 2.03. The number of halogens is 1. The van der Waals surface area contributed by atoms with E-state index in [1.165, 1.54) is 0 Å². The smallest absolute Gasteiger partial charge is 0.305 e. The number of hydrogen-bond donors (Lipinski definition) is 2. The molecular formula is C25H34ClN5O5. The number of ether oxygens (including phenoxy) is 4. The van der Waals surface area contributed by atoms with Crippen LogP contribution in [0.5, 0.6) is 17.2 Å². The van der Waals surface area contributed by atoms with E-state index in [9.17, 15) is 4.79 Å². The zero-order valence-corrected chi connectivity index (χ0v) is 21.7. The molecule has 10 nitrogen and oxygen atoms in total. The quantitative estimate of drug-likeness (QED) is 0.250. The molecule has 0 saturated carbocycles. The summed E-state index contributed by atoms with van der Waals surface area (Å²) in [7, 11) is 0. The minimum absolute atomic E-state index is 0. The van der Waals surface area contributed by atoms with Crippen molar-refractivity contribution in [3.8, 4) is 17.2 Å². The molecule has 0 saturated heterocycles. The van der Waals surface area contributed by atoms with Gasteiger partial charge in [0.1, 0.15) is 11.5 Å². The second-order valence-electron chi connectivity index (χ2n) is 7.84. The summed E-state index contributed by atoms with van der Waals surface area (Å²) in [5, 5.41) is 0.851. The number of anilines is 2. The van der Waals surface area contributed by atoms with Crippen molar-refractivity contribution in [3.63, 3.8) is 0 Å². The SMILES string of the molecule is CCOC(=O)CCCOc1ccc2nc(C)cc(OCCCOc3c(N)nc(N)nc3CC)c2c1.Cl. The van der Waals surface area contributed by atoms with E-state index in [2.05, 4.69) is 15.0 Å². The van der Waals surface area contributed by atoms with Gasteiger partial charge in [0.25, 0.3) is 0 Å². The standard InChI is InChI=1S/C25H33N5O5.ClH/c1-4-19-23(24(26)30-25(27)29-19)35-13-7-12-34-21-14-16(3)28-20-10-9-17(15-18(20)21)33-11-6-8-22(31)32-5-2;/h9-10,14-15H,4-8,11-13H2,1-3H3,(H4,26,27,29,30);1H. The molecule has 11 heteroatoms. The lowest BCUT2D eigenvalue weighted by Gasteiger charge is -2.14. The summed E-state index contributed by atoms with van der Waals surface area (Å²) in [4.78, 5) is 24.2. The van der Waals surface area contributed by atoms with E-state index in [4.69, 9.17) is 30.4 Å². The predicted molar refractivity (Wildman–Crippen MR) is 141 cm³/mol. The molecule has 0 aliphatic rings. The van der Waals surface area contributed by atoms with Crippen LogP contribution in [0.15, 0.2) is 24.3 Å². The fraction of sp³-hybridized carbons (Fsp3) is 0.440. The molecule has 2 aromatic heterocycles. The molecule has 0 aliphatic carbocycles. The second kappa shape index (κ2) is 14.1. The Bertz CT molecular complexity index is 1160. The highest BCUT2D eigenvalue weighted by molar-refractivity contribution is 5.86. The Balaban J connectivity index is 0.00000456. The van der Waals surface area contributed by atoms with Crippen molar-refractivity contribution in [1.82, 2.24) is 15.0 Å². The normalized spacial score (nSPS) is 10.5. The lowest BCUT2D eigenvalue weighted by molar-refractivity contribution is -0.143. The van der Waals surface area contributed by atoms with E-state index in [1.807, 2.05) is 38.1 Å². The van der Waals surface area contributed by atoms with Gasteiger partial charge in [-0.1, -0.05) is 6.92 Å². The van der Waals surface area contributed by atoms with Gasteiger partial charge in [-0.3, -0.25) is 9.78 Å². The zero-order valence-electron chi connectivity index (χ0n) is 20.9. The number of fused-ring (bicyclic) bond motifs is 1. The van der Waals surface area contributed by atoms with Gasteiger partial charge in [0, 0.05) is 30.0 Å². The maximum Gasteiger partial charge on any atom is 0.305 e. The number of nitrogens with zero attached hydrogens (tertiary/aromatic N) is 3. The number of hydrogen-bond acceptors (Lipinski definition) is 10. The van der Waals surface area contributed by atoms with Crippen LogP contribution in [0.4, 0.5) is 11.8 Å².